The van der Waals surface area contributed by atoms with Crippen LogP contribution < -0.4 is 15.2 Å². The van der Waals surface area contributed by atoms with E-state index in [0.717, 1.165) is 22.6 Å². The van der Waals surface area contributed by atoms with E-state index >= 15 is 0 Å². The van der Waals surface area contributed by atoms with Gasteiger partial charge >= 0.3 is 0 Å². The first-order chi connectivity index (χ1) is 10.1. The molecule has 0 bridgehead atoms. The van der Waals surface area contributed by atoms with Gasteiger partial charge in [0.1, 0.15) is 17.6 Å². The van der Waals surface area contributed by atoms with Gasteiger partial charge in [0, 0.05) is 33.6 Å². The van der Waals surface area contributed by atoms with E-state index in [1.165, 1.54) is 0 Å². The van der Waals surface area contributed by atoms with Crippen molar-refractivity contribution >= 4 is 23.2 Å². The lowest BCUT2D eigenvalue weighted by Gasteiger charge is -2.31. The average molecular weight is 324 g/mol. The summed E-state index contributed by atoms with van der Waals surface area (Å²) in [6.07, 6.45) is 0.367. The van der Waals surface area contributed by atoms with E-state index in [1.807, 2.05) is 24.3 Å². The highest BCUT2D eigenvalue weighted by Crippen LogP contribution is 2.44. The fourth-order valence-corrected chi connectivity index (χ4v) is 3.25. The Morgan fingerprint density at radius 1 is 1.19 bits per heavy atom. The molecule has 0 spiro atoms. The van der Waals surface area contributed by atoms with Gasteiger partial charge < -0.3 is 15.2 Å². The maximum absolute atomic E-state index is 6.28. The Morgan fingerprint density at radius 2 is 1.90 bits per heavy atom. The van der Waals surface area contributed by atoms with E-state index in [9.17, 15) is 0 Å². The average Bonchev–Trinajstić information content (AvgIpc) is 2.47. The lowest BCUT2D eigenvalue weighted by molar-refractivity contribution is 0.161. The van der Waals surface area contributed by atoms with Gasteiger partial charge in [-0.3, -0.25) is 0 Å². The topological polar surface area (TPSA) is 44.5 Å². The number of rotatable bonds is 2. The second-order valence-corrected chi connectivity index (χ2v) is 5.80. The Balaban J connectivity index is 1.99. The second-order valence-electron chi connectivity index (χ2n) is 4.99. The van der Waals surface area contributed by atoms with Crippen LogP contribution in [0.25, 0.3) is 0 Å². The summed E-state index contributed by atoms with van der Waals surface area (Å²) in [5.41, 5.74) is 8.00. The Kier molecular flexibility index (Phi) is 3.98. The molecule has 110 valence electrons. The largest absolute Gasteiger partial charge is 0.497 e. The van der Waals surface area contributed by atoms with E-state index in [2.05, 4.69) is 0 Å². The monoisotopic (exact) mass is 323 g/mol. The maximum atomic E-state index is 6.28. The zero-order valence-corrected chi connectivity index (χ0v) is 13.0. The molecule has 2 atom stereocenters. The summed E-state index contributed by atoms with van der Waals surface area (Å²) in [6.45, 7) is 0. The molecule has 1 unspecified atom stereocenters. The normalized spacial score (nSPS) is 20.6. The predicted octanol–water partition coefficient (Wildman–Crippen LogP) is 4.53. The van der Waals surface area contributed by atoms with E-state index < -0.39 is 0 Å². The van der Waals surface area contributed by atoms with Crippen LogP contribution in [0.4, 0.5) is 0 Å². The van der Waals surface area contributed by atoms with Crippen molar-refractivity contribution in [2.45, 2.75) is 18.6 Å². The zero-order valence-electron chi connectivity index (χ0n) is 11.5. The number of methoxy groups -OCH3 is 1. The molecule has 1 aliphatic heterocycles. The lowest BCUT2D eigenvalue weighted by Crippen LogP contribution is -2.24. The first-order valence-electron chi connectivity index (χ1n) is 6.64. The van der Waals surface area contributed by atoms with Gasteiger partial charge in [-0.15, -0.1) is 0 Å². The van der Waals surface area contributed by atoms with Crippen molar-refractivity contribution in [1.82, 2.24) is 0 Å². The number of fused-ring (bicyclic) bond motifs is 1. The number of nitrogens with two attached hydrogens (primary N) is 1. The van der Waals surface area contributed by atoms with Gasteiger partial charge in [0.05, 0.1) is 7.11 Å². The molecule has 0 fully saturated rings. The highest BCUT2D eigenvalue weighted by atomic mass is 35.5. The van der Waals surface area contributed by atoms with Crippen LogP contribution in [-0.2, 0) is 0 Å². The molecular formula is C16H15Cl2NO2. The Labute approximate surface area is 133 Å². The second kappa shape index (κ2) is 5.76. The molecule has 2 N–H and O–H groups in total. The molecule has 5 heteroatoms. The standard InChI is InChI=1S/C16H15Cl2NO2/c1-20-9-5-6-14-10(7-9)13(19)8-15(21-14)16-11(17)3-2-4-12(16)18/h2-7,13,15H,8,19H2,1H3/t13-,15?/m0/s1. The number of ether oxygens (including phenoxy) is 2. The van der Waals surface area contributed by atoms with Crippen LogP contribution in [0, 0.1) is 0 Å². The van der Waals surface area contributed by atoms with Gasteiger partial charge in [-0.1, -0.05) is 29.3 Å². The lowest BCUT2D eigenvalue weighted by atomic mass is 9.93. The maximum Gasteiger partial charge on any atom is 0.128 e. The minimum absolute atomic E-state index is 0.152. The molecule has 0 aromatic heterocycles. The Hall–Kier alpha value is -1.42. The molecule has 2 aromatic carbocycles. The quantitative estimate of drug-likeness (QED) is 0.883. The van der Waals surface area contributed by atoms with Crippen molar-refractivity contribution < 1.29 is 9.47 Å². The van der Waals surface area contributed by atoms with Crippen LogP contribution in [0.2, 0.25) is 10.0 Å². The van der Waals surface area contributed by atoms with E-state index in [0.29, 0.717) is 16.5 Å². The van der Waals surface area contributed by atoms with Gasteiger partial charge in [-0.2, -0.15) is 0 Å². The smallest absolute Gasteiger partial charge is 0.128 e. The minimum atomic E-state index is -0.248. The third-order valence-corrected chi connectivity index (χ3v) is 4.33. The highest BCUT2D eigenvalue weighted by molar-refractivity contribution is 6.36. The van der Waals surface area contributed by atoms with Crippen LogP contribution in [0.3, 0.4) is 0 Å². The van der Waals surface area contributed by atoms with Gasteiger partial charge in [0.25, 0.3) is 0 Å². The van der Waals surface area contributed by atoms with E-state index in [1.54, 1.807) is 19.2 Å². The molecule has 0 radical (unpaired) electrons. The van der Waals surface area contributed by atoms with Crippen molar-refractivity contribution in [3.63, 3.8) is 0 Å². The summed E-state index contributed by atoms with van der Waals surface area (Å²) < 4.78 is 11.3. The molecule has 1 heterocycles. The Bertz CT molecular complexity index is 655. The third-order valence-electron chi connectivity index (χ3n) is 3.68. The van der Waals surface area contributed by atoms with Crippen LogP contribution >= 0.6 is 23.2 Å². The number of halogens is 2. The first-order valence-corrected chi connectivity index (χ1v) is 7.40. The van der Waals surface area contributed by atoms with Gasteiger partial charge in [-0.05, 0) is 30.3 Å². The van der Waals surface area contributed by atoms with Gasteiger partial charge in [-0.25, -0.2) is 0 Å². The number of hydrogen-bond acceptors (Lipinski definition) is 3. The molecule has 3 nitrogen and oxygen atoms in total. The number of benzene rings is 2. The molecule has 0 saturated heterocycles. The SMILES string of the molecule is COc1ccc2c(c1)[C@@H](N)CC(c1c(Cl)cccc1Cl)O2. The first kappa shape index (κ1) is 14.5. The highest BCUT2D eigenvalue weighted by Gasteiger charge is 2.30. The van der Waals surface area contributed by atoms with Crippen LogP contribution in [-0.4, -0.2) is 7.11 Å². The van der Waals surface area contributed by atoms with Crippen molar-refractivity contribution in [1.29, 1.82) is 0 Å². The summed E-state index contributed by atoms with van der Waals surface area (Å²) in [5, 5.41) is 1.19. The van der Waals surface area contributed by atoms with Crippen LogP contribution in [0.5, 0.6) is 11.5 Å². The molecule has 0 aliphatic carbocycles. The van der Waals surface area contributed by atoms with Crippen LogP contribution in [0.15, 0.2) is 36.4 Å². The summed E-state index contributed by atoms with van der Waals surface area (Å²) in [5.74, 6) is 1.51. The van der Waals surface area contributed by atoms with Crippen molar-refractivity contribution in [3.05, 3.63) is 57.6 Å². The molecule has 0 amide bonds. The van der Waals surface area contributed by atoms with E-state index in [-0.39, 0.29) is 12.1 Å². The summed E-state index contributed by atoms with van der Waals surface area (Å²) in [4.78, 5) is 0. The van der Waals surface area contributed by atoms with Crippen molar-refractivity contribution in [2.75, 3.05) is 7.11 Å². The van der Waals surface area contributed by atoms with Gasteiger partial charge in [0.2, 0.25) is 0 Å². The summed E-state index contributed by atoms with van der Waals surface area (Å²) >= 11 is 12.5. The summed E-state index contributed by atoms with van der Waals surface area (Å²) in [6, 6.07) is 10.9. The number of hydrogen-bond donors (Lipinski definition) is 1. The minimum Gasteiger partial charge on any atom is -0.497 e. The predicted molar refractivity (Wildman–Crippen MR) is 84.4 cm³/mol. The fraction of sp³-hybridized carbons (Fsp3) is 0.250. The van der Waals surface area contributed by atoms with Crippen LogP contribution in [0.1, 0.15) is 29.7 Å². The summed E-state index contributed by atoms with van der Waals surface area (Å²) in [7, 11) is 1.63. The molecule has 1 aliphatic rings. The molecule has 0 saturated carbocycles. The fourth-order valence-electron chi connectivity index (χ4n) is 2.60. The molecule has 21 heavy (non-hydrogen) atoms. The Morgan fingerprint density at radius 3 is 2.57 bits per heavy atom. The third kappa shape index (κ3) is 2.69. The van der Waals surface area contributed by atoms with E-state index in [4.69, 9.17) is 38.4 Å². The molecule has 2 aromatic rings. The van der Waals surface area contributed by atoms with Crippen molar-refractivity contribution in [3.8, 4) is 11.5 Å². The molecular weight excluding hydrogens is 309 g/mol. The van der Waals surface area contributed by atoms with Gasteiger partial charge in [0.15, 0.2) is 0 Å². The zero-order chi connectivity index (χ0) is 15.0. The molecule has 3 rings (SSSR count). The van der Waals surface area contributed by atoms with Crippen molar-refractivity contribution in [2.24, 2.45) is 5.73 Å².